The van der Waals surface area contributed by atoms with E-state index in [1.807, 2.05) is 78.9 Å². The first-order chi connectivity index (χ1) is 19.4. The molecule has 4 aromatic carbocycles. The van der Waals surface area contributed by atoms with Gasteiger partial charge in [0.05, 0.1) is 7.11 Å². The molecule has 0 aliphatic rings. The van der Waals surface area contributed by atoms with E-state index < -0.39 is 12.0 Å². The lowest BCUT2D eigenvalue weighted by Gasteiger charge is -2.25. The van der Waals surface area contributed by atoms with Crippen molar-refractivity contribution in [1.29, 1.82) is 0 Å². The zero-order chi connectivity index (χ0) is 28.3. The van der Waals surface area contributed by atoms with Crippen LogP contribution in [0.25, 0.3) is 0 Å². The summed E-state index contributed by atoms with van der Waals surface area (Å²) in [5.74, 6) is 1.96. The molecule has 3 N–H and O–H groups in total. The van der Waals surface area contributed by atoms with Crippen LogP contribution in [-0.2, 0) is 24.5 Å². The number of aliphatic carboxylic acids is 1. The van der Waals surface area contributed by atoms with Gasteiger partial charge in [-0.25, -0.2) is 0 Å². The maximum Gasteiger partial charge on any atom is 0.320 e. The number of para-hydroxylation sites is 2. The molecule has 4 rings (SSSR count). The number of methoxy groups -OCH3 is 1. The van der Waals surface area contributed by atoms with Crippen molar-refractivity contribution in [2.24, 2.45) is 5.73 Å². The number of ether oxygens (including phenoxy) is 3. The van der Waals surface area contributed by atoms with Gasteiger partial charge in [0.2, 0.25) is 0 Å². The Labute approximate surface area is 235 Å². The fraction of sp³-hybridized carbons (Fsp3) is 0.242. The number of benzene rings is 4. The van der Waals surface area contributed by atoms with Gasteiger partial charge < -0.3 is 25.1 Å². The molecular weight excluding hydrogens is 504 g/mol. The van der Waals surface area contributed by atoms with Gasteiger partial charge in [0.25, 0.3) is 0 Å². The molecule has 208 valence electrons. The molecule has 0 aromatic heterocycles. The second-order valence-corrected chi connectivity index (χ2v) is 9.71. The highest BCUT2D eigenvalue weighted by molar-refractivity contribution is 5.73. The van der Waals surface area contributed by atoms with Gasteiger partial charge in [-0.15, -0.1) is 0 Å². The van der Waals surface area contributed by atoms with E-state index >= 15 is 0 Å². The van der Waals surface area contributed by atoms with Crippen molar-refractivity contribution in [3.8, 4) is 23.0 Å². The summed E-state index contributed by atoms with van der Waals surface area (Å²) in [6.07, 6.45) is 0.309. The van der Waals surface area contributed by atoms with E-state index in [0.717, 1.165) is 33.9 Å². The summed E-state index contributed by atoms with van der Waals surface area (Å²) in [7, 11) is 1.63. The molecule has 0 saturated heterocycles. The van der Waals surface area contributed by atoms with E-state index in [-0.39, 0.29) is 0 Å². The van der Waals surface area contributed by atoms with Crippen molar-refractivity contribution in [1.82, 2.24) is 4.90 Å². The molecule has 0 spiro atoms. The Morgan fingerprint density at radius 3 is 2.12 bits per heavy atom. The Morgan fingerprint density at radius 1 is 0.850 bits per heavy atom. The van der Waals surface area contributed by atoms with Crippen molar-refractivity contribution in [3.05, 3.63) is 119 Å². The third kappa shape index (κ3) is 8.33. The molecule has 0 aliphatic carbocycles. The van der Waals surface area contributed by atoms with E-state index in [2.05, 4.69) is 30.0 Å². The molecule has 7 nitrogen and oxygen atoms in total. The molecule has 0 fully saturated rings. The molecule has 0 saturated carbocycles. The highest BCUT2D eigenvalue weighted by Crippen LogP contribution is 2.29. The number of rotatable bonds is 14. The molecule has 7 heteroatoms. The SMILES string of the molecule is COc1ccc(Oc2ccccc2CN(CC[C@H](N)C(=O)O)Cc2ccccc2OCc2cccc(C)c2)cc1. The average Bonchev–Trinajstić information content (AvgIpc) is 2.96. The highest BCUT2D eigenvalue weighted by Gasteiger charge is 2.18. The minimum atomic E-state index is -1.01. The van der Waals surface area contributed by atoms with Gasteiger partial charge >= 0.3 is 5.97 Å². The van der Waals surface area contributed by atoms with Gasteiger partial charge in [-0.3, -0.25) is 9.69 Å². The summed E-state index contributed by atoms with van der Waals surface area (Å²) in [5, 5.41) is 9.37. The molecule has 40 heavy (non-hydrogen) atoms. The smallest absolute Gasteiger partial charge is 0.320 e. The molecule has 0 amide bonds. The second-order valence-electron chi connectivity index (χ2n) is 9.71. The Bertz CT molecular complexity index is 1390. The minimum Gasteiger partial charge on any atom is -0.497 e. The Hall–Kier alpha value is -4.33. The summed E-state index contributed by atoms with van der Waals surface area (Å²) in [6, 6.07) is 30.5. The molecule has 1 atom stereocenters. The number of nitrogens with zero attached hydrogens (tertiary/aromatic N) is 1. The molecule has 0 bridgehead atoms. The number of nitrogens with two attached hydrogens (primary N) is 1. The predicted molar refractivity (Wildman–Crippen MR) is 156 cm³/mol. The summed E-state index contributed by atoms with van der Waals surface area (Å²) in [6.45, 7) is 4.09. The van der Waals surface area contributed by atoms with Gasteiger partial charge in [-0.05, 0) is 55.3 Å². The third-order valence-corrected chi connectivity index (χ3v) is 6.57. The monoisotopic (exact) mass is 540 g/mol. The quantitative estimate of drug-likeness (QED) is 0.197. The van der Waals surface area contributed by atoms with Crippen molar-refractivity contribution >= 4 is 5.97 Å². The van der Waals surface area contributed by atoms with Gasteiger partial charge in [0.1, 0.15) is 35.6 Å². The topological polar surface area (TPSA) is 94.2 Å². The summed E-state index contributed by atoms with van der Waals surface area (Å²) < 4.78 is 17.7. The van der Waals surface area contributed by atoms with Crippen molar-refractivity contribution in [2.75, 3.05) is 13.7 Å². The lowest BCUT2D eigenvalue weighted by Crippen LogP contribution is -2.35. The fourth-order valence-corrected chi connectivity index (χ4v) is 4.38. The number of aryl methyl sites for hydroxylation is 1. The first-order valence-corrected chi connectivity index (χ1v) is 13.3. The fourth-order valence-electron chi connectivity index (χ4n) is 4.38. The van der Waals surface area contributed by atoms with Gasteiger partial charge in [-0.2, -0.15) is 0 Å². The van der Waals surface area contributed by atoms with Crippen LogP contribution in [0.2, 0.25) is 0 Å². The van der Waals surface area contributed by atoms with Gasteiger partial charge in [0, 0.05) is 30.8 Å². The molecule has 0 unspecified atom stereocenters. The summed E-state index contributed by atoms with van der Waals surface area (Å²) in [5.41, 5.74) is 10.1. The number of carboxylic acids is 1. The Morgan fingerprint density at radius 2 is 1.48 bits per heavy atom. The van der Waals surface area contributed by atoms with Crippen molar-refractivity contribution in [3.63, 3.8) is 0 Å². The zero-order valence-corrected chi connectivity index (χ0v) is 23.0. The average molecular weight is 541 g/mol. The minimum absolute atomic E-state index is 0.309. The van der Waals surface area contributed by atoms with Crippen LogP contribution >= 0.6 is 0 Å². The Balaban J connectivity index is 1.53. The molecule has 0 radical (unpaired) electrons. The molecular formula is C33H36N2O5. The van der Waals surface area contributed by atoms with Gasteiger partial charge in [-0.1, -0.05) is 66.2 Å². The van der Waals surface area contributed by atoms with Crippen LogP contribution in [0.15, 0.2) is 97.1 Å². The third-order valence-electron chi connectivity index (χ3n) is 6.57. The van der Waals surface area contributed by atoms with E-state index in [1.54, 1.807) is 7.11 Å². The molecule has 4 aromatic rings. The summed E-state index contributed by atoms with van der Waals surface area (Å²) in [4.78, 5) is 13.6. The number of hydrogen-bond acceptors (Lipinski definition) is 6. The lowest BCUT2D eigenvalue weighted by atomic mass is 10.1. The van der Waals surface area contributed by atoms with Crippen LogP contribution in [0.3, 0.4) is 0 Å². The van der Waals surface area contributed by atoms with Crippen LogP contribution in [0.1, 0.15) is 28.7 Å². The van der Waals surface area contributed by atoms with Crippen LogP contribution in [0.5, 0.6) is 23.0 Å². The van der Waals surface area contributed by atoms with Crippen LogP contribution in [0, 0.1) is 6.92 Å². The normalized spacial score (nSPS) is 11.7. The van der Waals surface area contributed by atoms with Crippen molar-refractivity contribution < 1.29 is 24.1 Å². The Kier molecular flexibility index (Phi) is 10.2. The van der Waals surface area contributed by atoms with Crippen LogP contribution in [0.4, 0.5) is 0 Å². The molecule has 0 aliphatic heterocycles. The summed E-state index contributed by atoms with van der Waals surface area (Å²) >= 11 is 0. The predicted octanol–water partition coefficient (Wildman–Crippen LogP) is 6.18. The highest BCUT2D eigenvalue weighted by atomic mass is 16.5. The van der Waals surface area contributed by atoms with Crippen LogP contribution < -0.4 is 19.9 Å². The van der Waals surface area contributed by atoms with Crippen LogP contribution in [-0.4, -0.2) is 35.7 Å². The first-order valence-electron chi connectivity index (χ1n) is 13.3. The van der Waals surface area contributed by atoms with Crippen molar-refractivity contribution in [2.45, 2.75) is 39.1 Å². The standard InChI is InChI=1S/C33H36N2O5/c1-24-8-7-9-25(20-24)23-39-31-12-5-3-10-26(31)21-35(19-18-30(34)33(36)37)22-27-11-4-6-13-32(27)40-29-16-14-28(38-2)15-17-29/h3-17,20,30H,18-19,21-23,34H2,1-2H3,(H,36,37)/t30-/m0/s1. The number of carbonyl (C=O) groups is 1. The largest absolute Gasteiger partial charge is 0.497 e. The van der Waals surface area contributed by atoms with E-state index in [4.69, 9.17) is 19.9 Å². The first kappa shape index (κ1) is 28.7. The second kappa shape index (κ2) is 14.2. The number of hydrogen-bond donors (Lipinski definition) is 2. The maximum atomic E-state index is 11.4. The maximum absolute atomic E-state index is 11.4. The zero-order valence-electron chi connectivity index (χ0n) is 23.0. The van der Waals surface area contributed by atoms with Gasteiger partial charge in [0.15, 0.2) is 0 Å². The lowest BCUT2D eigenvalue weighted by molar-refractivity contribution is -0.138. The number of carboxylic acid groups (broad SMARTS) is 1. The van der Waals surface area contributed by atoms with E-state index in [9.17, 15) is 9.90 Å². The molecule has 0 heterocycles. The van der Waals surface area contributed by atoms with E-state index in [0.29, 0.717) is 38.4 Å². The van der Waals surface area contributed by atoms with E-state index in [1.165, 1.54) is 5.56 Å².